The van der Waals surface area contributed by atoms with Crippen LogP contribution in [0, 0.1) is 0 Å². The SMILES string of the molecule is c1nc(C2N=C(c3ncsn3)ON2c2nncs2)no1. The fourth-order valence-electron chi connectivity index (χ4n) is 1.56. The van der Waals surface area contributed by atoms with Gasteiger partial charge in [-0.05, 0) is 11.5 Å². The van der Waals surface area contributed by atoms with E-state index < -0.39 is 6.17 Å². The zero-order valence-corrected chi connectivity index (χ0v) is 11.2. The van der Waals surface area contributed by atoms with Crippen LogP contribution in [0.1, 0.15) is 17.8 Å². The summed E-state index contributed by atoms with van der Waals surface area (Å²) in [6, 6.07) is 0. The van der Waals surface area contributed by atoms with Gasteiger partial charge in [0.05, 0.1) is 0 Å². The molecule has 100 valence electrons. The Labute approximate surface area is 118 Å². The lowest BCUT2D eigenvalue weighted by Crippen LogP contribution is -2.24. The lowest BCUT2D eigenvalue weighted by atomic mass is 10.4. The summed E-state index contributed by atoms with van der Waals surface area (Å²) in [6.07, 6.45) is 0.613. The Morgan fingerprint density at radius 1 is 1.25 bits per heavy atom. The van der Waals surface area contributed by atoms with Crippen LogP contribution in [0.25, 0.3) is 0 Å². The fourth-order valence-corrected chi connectivity index (χ4v) is 2.50. The van der Waals surface area contributed by atoms with Crippen LogP contribution in [0.5, 0.6) is 0 Å². The van der Waals surface area contributed by atoms with E-state index in [1.807, 2.05) is 0 Å². The summed E-state index contributed by atoms with van der Waals surface area (Å²) in [5.74, 6) is 1.03. The second kappa shape index (κ2) is 4.57. The Kier molecular flexibility index (Phi) is 2.60. The number of aromatic nitrogens is 6. The molecule has 0 N–H and O–H groups in total. The van der Waals surface area contributed by atoms with Gasteiger partial charge in [0.25, 0.3) is 5.90 Å². The van der Waals surface area contributed by atoms with Crippen LogP contribution in [0.15, 0.2) is 26.9 Å². The first-order valence-electron chi connectivity index (χ1n) is 5.26. The van der Waals surface area contributed by atoms with Crippen molar-refractivity contribution in [3.63, 3.8) is 0 Å². The molecule has 0 radical (unpaired) electrons. The highest BCUT2D eigenvalue weighted by Crippen LogP contribution is 2.33. The predicted molar refractivity (Wildman–Crippen MR) is 67.0 cm³/mol. The lowest BCUT2D eigenvalue weighted by Gasteiger charge is -2.16. The van der Waals surface area contributed by atoms with E-state index in [-0.39, 0.29) is 5.90 Å². The van der Waals surface area contributed by atoms with E-state index in [0.717, 1.165) is 0 Å². The first kappa shape index (κ1) is 11.4. The molecule has 0 aliphatic carbocycles. The molecule has 1 aliphatic heterocycles. The van der Waals surface area contributed by atoms with Gasteiger partial charge >= 0.3 is 0 Å². The van der Waals surface area contributed by atoms with Gasteiger partial charge in [0.2, 0.25) is 29.3 Å². The maximum atomic E-state index is 5.64. The van der Waals surface area contributed by atoms with Gasteiger partial charge < -0.3 is 9.36 Å². The summed E-state index contributed by atoms with van der Waals surface area (Å²) in [4.78, 5) is 18.0. The van der Waals surface area contributed by atoms with Crippen LogP contribution >= 0.6 is 22.9 Å². The second-order valence-electron chi connectivity index (χ2n) is 3.49. The van der Waals surface area contributed by atoms with E-state index in [9.17, 15) is 0 Å². The van der Waals surface area contributed by atoms with E-state index in [2.05, 4.69) is 34.7 Å². The van der Waals surface area contributed by atoms with Gasteiger partial charge in [-0.3, -0.25) is 0 Å². The molecule has 12 heteroatoms. The van der Waals surface area contributed by atoms with Crippen LogP contribution in [-0.4, -0.2) is 35.6 Å². The molecule has 0 fully saturated rings. The maximum absolute atomic E-state index is 5.64. The van der Waals surface area contributed by atoms with Crippen molar-refractivity contribution in [1.29, 1.82) is 0 Å². The molecule has 4 heterocycles. The number of nitrogens with zero attached hydrogens (tertiary/aromatic N) is 8. The molecule has 0 saturated carbocycles. The second-order valence-corrected chi connectivity index (χ2v) is 4.91. The molecule has 0 saturated heterocycles. The van der Waals surface area contributed by atoms with Crippen LogP contribution in [0.2, 0.25) is 0 Å². The molecule has 1 aliphatic rings. The quantitative estimate of drug-likeness (QED) is 0.688. The van der Waals surface area contributed by atoms with Crippen LogP contribution in [0.3, 0.4) is 0 Å². The molecular formula is C8H4N8O2S2. The average Bonchev–Trinajstić information content (AvgIpc) is 3.22. The molecule has 3 aromatic rings. The van der Waals surface area contributed by atoms with Gasteiger partial charge in [-0.2, -0.15) is 9.36 Å². The van der Waals surface area contributed by atoms with Crippen LogP contribution in [-0.2, 0) is 4.84 Å². The summed E-state index contributed by atoms with van der Waals surface area (Å²) in [6.45, 7) is 0. The highest BCUT2D eigenvalue weighted by atomic mass is 32.1. The zero-order chi connectivity index (χ0) is 13.4. The number of hydrogen-bond acceptors (Lipinski definition) is 12. The maximum Gasteiger partial charge on any atom is 0.290 e. The molecule has 3 aromatic heterocycles. The summed E-state index contributed by atoms with van der Waals surface area (Å²) in [5.41, 5.74) is 3.18. The third-order valence-electron chi connectivity index (χ3n) is 2.35. The number of hydrogen-bond donors (Lipinski definition) is 0. The highest BCUT2D eigenvalue weighted by molar-refractivity contribution is 7.13. The Morgan fingerprint density at radius 3 is 2.95 bits per heavy atom. The van der Waals surface area contributed by atoms with E-state index in [0.29, 0.717) is 16.8 Å². The van der Waals surface area contributed by atoms with Crippen molar-refractivity contribution in [2.24, 2.45) is 4.99 Å². The van der Waals surface area contributed by atoms with Gasteiger partial charge in [0.1, 0.15) is 11.0 Å². The molecular weight excluding hydrogens is 304 g/mol. The molecule has 0 amide bonds. The molecule has 0 bridgehead atoms. The topological polar surface area (TPSA) is 115 Å². The number of anilines is 1. The molecule has 0 aromatic carbocycles. The number of aliphatic imine (C=N–C) groups is 1. The molecule has 1 unspecified atom stereocenters. The summed E-state index contributed by atoms with van der Waals surface area (Å²) < 4.78 is 8.83. The number of hydroxylamine groups is 1. The molecule has 10 nitrogen and oxygen atoms in total. The monoisotopic (exact) mass is 308 g/mol. The third kappa shape index (κ3) is 1.81. The van der Waals surface area contributed by atoms with Gasteiger partial charge in [0, 0.05) is 0 Å². The first-order valence-corrected chi connectivity index (χ1v) is 6.97. The smallest absolute Gasteiger partial charge is 0.290 e. The minimum atomic E-state index is -0.611. The van der Waals surface area contributed by atoms with Crippen molar-refractivity contribution in [3.8, 4) is 0 Å². The van der Waals surface area contributed by atoms with E-state index in [1.165, 1.54) is 34.3 Å². The zero-order valence-electron chi connectivity index (χ0n) is 9.52. The number of rotatable bonds is 3. The Bertz CT molecular complexity index is 710. The van der Waals surface area contributed by atoms with Gasteiger partial charge in [-0.25, -0.2) is 9.98 Å². The van der Waals surface area contributed by atoms with Gasteiger partial charge in [-0.15, -0.1) is 15.3 Å². The van der Waals surface area contributed by atoms with E-state index in [1.54, 1.807) is 11.0 Å². The third-order valence-corrected chi connectivity index (χ3v) is 3.50. The lowest BCUT2D eigenvalue weighted by molar-refractivity contribution is 0.260. The van der Waals surface area contributed by atoms with Gasteiger partial charge in [0.15, 0.2) is 0 Å². The Hall–Kier alpha value is -2.47. The van der Waals surface area contributed by atoms with Crippen molar-refractivity contribution < 1.29 is 9.36 Å². The van der Waals surface area contributed by atoms with Crippen LogP contribution < -0.4 is 5.06 Å². The summed E-state index contributed by atoms with van der Waals surface area (Å²) >= 11 is 2.51. The Balaban J connectivity index is 1.74. The van der Waals surface area contributed by atoms with Crippen molar-refractivity contribution in [1.82, 2.24) is 29.7 Å². The largest absolute Gasteiger partial charge is 0.350 e. The summed E-state index contributed by atoms with van der Waals surface area (Å²) in [7, 11) is 0. The van der Waals surface area contributed by atoms with Crippen molar-refractivity contribution in [2.75, 3.05) is 5.06 Å². The standard InChI is InChI=1S/C8H4N8O2S2/c1-9-4(14-17-1)6-12-7(5-10-2-20-15-5)18-16(6)8-13-11-3-19-8/h1-3,6H. The van der Waals surface area contributed by atoms with Crippen molar-refractivity contribution >= 4 is 33.9 Å². The Morgan fingerprint density at radius 2 is 2.25 bits per heavy atom. The normalized spacial score (nSPS) is 18.1. The minimum Gasteiger partial charge on any atom is -0.350 e. The van der Waals surface area contributed by atoms with E-state index >= 15 is 0 Å². The molecule has 20 heavy (non-hydrogen) atoms. The van der Waals surface area contributed by atoms with Crippen molar-refractivity contribution in [3.05, 3.63) is 29.1 Å². The van der Waals surface area contributed by atoms with E-state index in [4.69, 9.17) is 9.36 Å². The van der Waals surface area contributed by atoms with Crippen LogP contribution in [0.4, 0.5) is 5.13 Å². The fraction of sp³-hybridized carbons (Fsp3) is 0.125. The molecule has 1 atom stereocenters. The van der Waals surface area contributed by atoms with Gasteiger partial charge in [-0.1, -0.05) is 16.5 Å². The first-order chi connectivity index (χ1) is 9.92. The minimum absolute atomic E-state index is 0.274. The molecule has 4 rings (SSSR count). The van der Waals surface area contributed by atoms with Crippen molar-refractivity contribution in [2.45, 2.75) is 6.17 Å². The highest BCUT2D eigenvalue weighted by Gasteiger charge is 2.37. The summed E-state index contributed by atoms with van der Waals surface area (Å²) in [5, 5.41) is 13.5. The molecule has 0 spiro atoms. The average molecular weight is 308 g/mol. The predicted octanol–water partition coefficient (Wildman–Crippen LogP) is 0.670.